The molecule has 2 aromatic carbocycles. The second-order valence-corrected chi connectivity index (χ2v) is 8.77. The second kappa shape index (κ2) is 12.0. The molecule has 0 radical (unpaired) electrons. The molecule has 1 fully saturated rings. The Morgan fingerprint density at radius 1 is 1.06 bits per heavy atom. The lowest BCUT2D eigenvalue weighted by Crippen LogP contribution is -2.25. The molecule has 34 heavy (non-hydrogen) atoms. The van der Waals surface area contributed by atoms with Crippen LogP contribution in [0.2, 0.25) is 5.02 Å². The Balaban J connectivity index is 1.44. The number of nitrogens with zero attached hydrogens (tertiary/aromatic N) is 3. The van der Waals surface area contributed by atoms with Crippen molar-refractivity contribution in [3.05, 3.63) is 53.7 Å². The summed E-state index contributed by atoms with van der Waals surface area (Å²) in [4.78, 5) is 11.3. The Morgan fingerprint density at radius 2 is 1.85 bits per heavy atom. The van der Waals surface area contributed by atoms with Gasteiger partial charge in [-0.1, -0.05) is 35.7 Å². The van der Waals surface area contributed by atoms with E-state index in [0.29, 0.717) is 34.9 Å². The number of hydrogen-bond donors (Lipinski definition) is 3. The monoisotopic (exact) mass is 500 g/mol. The van der Waals surface area contributed by atoms with E-state index in [1.54, 1.807) is 13.3 Å². The number of hydrogen-bond acceptors (Lipinski definition) is 9. The van der Waals surface area contributed by atoms with E-state index in [9.17, 15) is 0 Å². The van der Waals surface area contributed by atoms with Gasteiger partial charge in [0.25, 0.3) is 0 Å². The number of anilines is 5. The van der Waals surface area contributed by atoms with Gasteiger partial charge in [-0.15, -0.1) is 0 Å². The van der Waals surface area contributed by atoms with Gasteiger partial charge in [-0.2, -0.15) is 4.98 Å². The molecule has 0 saturated carbocycles. The van der Waals surface area contributed by atoms with Crippen molar-refractivity contribution in [2.24, 2.45) is 0 Å². The lowest BCUT2D eigenvalue weighted by molar-refractivity contribution is 0.230. The van der Waals surface area contributed by atoms with Gasteiger partial charge < -0.3 is 24.8 Å². The summed E-state index contributed by atoms with van der Waals surface area (Å²) in [5.41, 5.74) is 2.58. The van der Waals surface area contributed by atoms with Gasteiger partial charge in [-0.25, -0.2) is 4.98 Å². The molecule has 1 aliphatic rings. The summed E-state index contributed by atoms with van der Waals surface area (Å²) in [6.45, 7) is 3.86. The van der Waals surface area contributed by atoms with Gasteiger partial charge in [-0.3, -0.25) is 4.90 Å². The van der Waals surface area contributed by atoms with Gasteiger partial charge in [0.2, 0.25) is 5.95 Å². The van der Waals surface area contributed by atoms with Crippen LogP contribution in [0.1, 0.15) is 12.8 Å². The Morgan fingerprint density at radius 3 is 2.62 bits per heavy atom. The van der Waals surface area contributed by atoms with Crippen molar-refractivity contribution in [2.75, 3.05) is 55.0 Å². The quantitative estimate of drug-likeness (QED) is 0.283. The van der Waals surface area contributed by atoms with Crippen molar-refractivity contribution < 1.29 is 9.47 Å². The molecule has 180 valence electrons. The first-order valence-corrected chi connectivity index (χ1v) is 12.7. The molecular formula is C24H29ClN6O2S. The maximum atomic E-state index is 6.36. The van der Waals surface area contributed by atoms with Crippen LogP contribution in [0.3, 0.4) is 0 Å². The first kappa shape index (κ1) is 24.3. The third kappa shape index (κ3) is 6.37. The molecule has 2 heterocycles. The van der Waals surface area contributed by atoms with Crippen LogP contribution >= 0.6 is 23.5 Å². The van der Waals surface area contributed by atoms with Crippen molar-refractivity contribution in [3.8, 4) is 11.5 Å². The van der Waals surface area contributed by atoms with Gasteiger partial charge in [0.15, 0.2) is 17.3 Å². The fourth-order valence-electron chi connectivity index (χ4n) is 3.72. The molecule has 8 nitrogen and oxygen atoms in total. The number of rotatable bonds is 11. The smallest absolute Gasteiger partial charge is 0.229 e. The number of benzene rings is 2. The van der Waals surface area contributed by atoms with E-state index in [1.165, 1.54) is 24.8 Å². The predicted molar refractivity (Wildman–Crippen MR) is 141 cm³/mol. The summed E-state index contributed by atoms with van der Waals surface area (Å²) < 4.78 is 14.8. The van der Waals surface area contributed by atoms with Crippen molar-refractivity contribution in [2.45, 2.75) is 12.8 Å². The molecule has 1 aromatic heterocycles. The van der Waals surface area contributed by atoms with Crippen LogP contribution in [-0.2, 0) is 0 Å². The van der Waals surface area contributed by atoms with Crippen LogP contribution in [-0.4, -0.2) is 54.5 Å². The maximum Gasteiger partial charge on any atom is 0.229 e. The summed E-state index contributed by atoms with van der Waals surface area (Å²) in [5.74, 6) is 2.27. The molecule has 0 aliphatic carbocycles. The lowest BCUT2D eigenvalue weighted by atomic mass is 10.2. The van der Waals surface area contributed by atoms with Crippen LogP contribution in [0.4, 0.5) is 28.8 Å². The molecule has 0 amide bonds. The molecule has 3 aromatic rings. The summed E-state index contributed by atoms with van der Waals surface area (Å²) >= 11 is 7.87. The predicted octanol–water partition coefficient (Wildman–Crippen LogP) is 5.79. The van der Waals surface area contributed by atoms with E-state index in [0.717, 1.165) is 36.7 Å². The van der Waals surface area contributed by atoms with E-state index in [-0.39, 0.29) is 0 Å². The highest BCUT2D eigenvalue weighted by atomic mass is 35.5. The molecule has 0 atom stereocenters. The highest BCUT2D eigenvalue weighted by molar-refractivity contribution is 7.99. The summed E-state index contributed by atoms with van der Waals surface area (Å²) in [6.07, 6.45) is 6.08. The first-order valence-electron chi connectivity index (χ1n) is 11.1. The second-order valence-electron chi connectivity index (χ2n) is 7.75. The highest BCUT2D eigenvalue weighted by Gasteiger charge is 2.13. The summed E-state index contributed by atoms with van der Waals surface area (Å²) in [6, 6.07) is 13.5. The maximum absolute atomic E-state index is 6.36. The van der Waals surface area contributed by atoms with Crippen LogP contribution in [0, 0.1) is 0 Å². The fourth-order valence-corrected chi connectivity index (χ4v) is 4.25. The van der Waals surface area contributed by atoms with Gasteiger partial charge in [0, 0.05) is 24.6 Å². The lowest BCUT2D eigenvalue weighted by Gasteiger charge is -2.17. The normalized spacial score (nSPS) is 13.5. The minimum atomic E-state index is 0.409. The fraction of sp³-hybridized carbons (Fsp3) is 0.333. The molecule has 1 saturated heterocycles. The van der Waals surface area contributed by atoms with E-state index < -0.39 is 0 Å². The number of nitrogens with one attached hydrogen (secondary N) is 3. The van der Waals surface area contributed by atoms with Gasteiger partial charge in [0.05, 0.1) is 24.7 Å². The average molecular weight is 501 g/mol. The van der Waals surface area contributed by atoms with E-state index in [4.69, 9.17) is 21.1 Å². The minimum absolute atomic E-state index is 0.409. The van der Waals surface area contributed by atoms with Crippen molar-refractivity contribution in [3.63, 3.8) is 0 Å². The zero-order valence-electron chi connectivity index (χ0n) is 19.3. The molecule has 0 spiro atoms. The average Bonchev–Trinajstić information content (AvgIpc) is 3.37. The number of likely N-dealkylation sites (tertiary alicyclic amines) is 1. The topological polar surface area (TPSA) is 83.6 Å². The van der Waals surface area contributed by atoms with E-state index >= 15 is 0 Å². The Hall–Kier alpha value is -2.88. The van der Waals surface area contributed by atoms with Crippen LogP contribution < -0.4 is 24.8 Å². The first-order chi connectivity index (χ1) is 16.7. The van der Waals surface area contributed by atoms with Crippen LogP contribution in [0.15, 0.2) is 48.7 Å². The number of aromatic nitrogens is 2. The molecule has 3 N–H and O–H groups in total. The molecule has 1 aliphatic heterocycles. The molecule has 10 heteroatoms. The van der Waals surface area contributed by atoms with E-state index in [2.05, 4.69) is 30.2 Å². The minimum Gasteiger partial charge on any atom is -0.493 e. The molecule has 4 rings (SSSR count). The zero-order chi connectivity index (χ0) is 23.8. The van der Waals surface area contributed by atoms with Gasteiger partial charge in [-0.05, 0) is 50.2 Å². The zero-order valence-corrected chi connectivity index (χ0v) is 20.9. The number of ether oxygens (including phenoxy) is 2. The van der Waals surface area contributed by atoms with Crippen LogP contribution in [0.25, 0.3) is 0 Å². The Labute approximate surface area is 209 Å². The van der Waals surface area contributed by atoms with Crippen molar-refractivity contribution >= 4 is 52.4 Å². The molecule has 0 bridgehead atoms. The van der Waals surface area contributed by atoms with Gasteiger partial charge in [0.1, 0.15) is 11.6 Å². The molecule has 0 unspecified atom stereocenters. The molecular weight excluding hydrogens is 472 g/mol. The van der Waals surface area contributed by atoms with Crippen LogP contribution in [0.5, 0.6) is 11.5 Å². The number of methoxy groups -OCH3 is 1. The largest absolute Gasteiger partial charge is 0.493 e. The summed E-state index contributed by atoms with van der Waals surface area (Å²) in [7, 11) is 1.63. The highest BCUT2D eigenvalue weighted by Crippen LogP contribution is 2.33. The standard InChI is InChI=1S/C24H29ClN6O2S/c1-32-22-15-17(9-10-21(22)33-14-13-31-11-5-6-12-31)27-24-26-16-18(25)23(29-24)28-19-7-3-4-8-20(19)30-34-2/h3-4,7-10,15-16,30H,5-6,11-14H2,1-2H3,(H2,26,27,28,29). The number of halogens is 1. The Bertz CT molecular complexity index is 1100. The van der Waals surface area contributed by atoms with E-state index in [1.807, 2.05) is 48.7 Å². The third-order valence-corrected chi connectivity index (χ3v) is 6.12. The van der Waals surface area contributed by atoms with Gasteiger partial charge >= 0.3 is 0 Å². The number of para-hydroxylation sites is 2. The van der Waals surface area contributed by atoms with Crippen molar-refractivity contribution in [1.82, 2.24) is 14.9 Å². The SMILES string of the molecule is COc1cc(Nc2ncc(Cl)c(Nc3ccccc3NSC)n2)ccc1OCCN1CCCC1. The summed E-state index contributed by atoms with van der Waals surface area (Å²) in [5, 5.41) is 6.92. The Kier molecular flexibility index (Phi) is 8.56. The third-order valence-electron chi connectivity index (χ3n) is 5.42. The van der Waals surface area contributed by atoms with Crippen molar-refractivity contribution in [1.29, 1.82) is 0 Å².